The number of nitrogens with zero attached hydrogens (tertiary/aromatic N) is 3. The number of rotatable bonds is 1. The maximum Gasteiger partial charge on any atom is 0.222 e. The van der Waals surface area contributed by atoms with Gasteiger partial charge in [-0.25, -0.2) is 4.98 Å². The first-order valence-electron chi connectivity index (χ1n) is 6.57. The van der Waals surface area contributed by atoms with Gasteiger partial charge in [-0.3, -0.25) is 0 Å². The van der Waals surface area contributed by atoms with Crippen LogP contribution in [0.15, 0.2) is 30.3 Å². The molecule has 0 fully saturated rings. The summed E-state index contributed by atoms with van der Waals surface area (Å²) in [6.07, 6.45) is 0. The number of hydrogen-bond acceptors (Lipinski definition) is 4. The Labute approximate surface area is 113 Å². The summed E-state index contributed by atoms with van der Waals surface area (Å²) in [6, 6.07) is 10.8. The second-order valence-corrected chi connectivity index (χ2v) is 5.18. The van der Waals surface area contributed by atoms with Crippen molar-refractivity contribution in [3.63, 3.8) is 0 Å². The fourth-order valence-corrected chi connectivity index (χ4v) is 2.82. The predicted molar refractivity (Wildman–Crippen MR) is 77.6 cm³/mol. The SMILES string of the molecule is Cc1cc(N2c3ccccc3C(C)C2C)nc(N)n1. The van der Waals surface area contributed by atoms with Gasteiger partial charge in [0.1, 0.15) is 5.82 Å². The molecule has 0 amide bonds. The van der Waals surface area contributed by atoms with Gasteiger partial charge in [0.2, 0.25) is 5.95 Å². The standard InChI is InChI=1S/C15H18N4/c1-9-8-14(18-15(16)17-9)19-11(3)10(2)12-6-4-5-7-13(12)19/h4-8,10-11H,1-3H3,(H2,16,17,18). The number of benzene rings is 1. The van der Waals surface area contributed by atoms with E-state index in [4.69, 9.17) is 5.73 Å². The van der Waals surface area contributed by atoms with Gasteiger partial charge in [0.25, 0.3) is 0 Å². The molecule has 0 bridgehead atoms. The van der Waals surface area contributed by atoms with Crippen LogP contribution < -0.4 is 10.6 Å². The fraction of sp³-hybridized carbons (Fsp3) is 0.333. The van der Waals surface area contributed by atoms with Crippen molar-refractivity contribution in [1.82, 2.24) is 9.97 Å². The Balaban J connectivity index is 2.15. The number of nitrogen functional groups attached to an aromatic ring is 1. The molecule has 0 aliphatic carbocycles. The first kappa shape index (κ1) is 12.0. The summed E-state index contributed by atoms with van der Waals surface area (Å²) in [6.45, 7) is 6.41. The predicted octanol–water partition coefficient (Wildman–Crippen LogP) is 3.01. The lowest BCUT2D eigenvalue weighted by atomic mass is 9.98. The molecule has 1 aromatic carbocycles. The Morgan fingerprint density at radius 3 is 2.63 bits per heavy atom. The van der Waals surface area contributed by atoms with Gasteiger partial charge in [0.15, 0.2) is 0 Å². The van der Waals surface area contributed by atoms with Crippen LogP contribution >= 0.6 is 0 Å². The number of para-hydroxylation sites is 1. The lowest BCUT2D eigenvalue weighted by molar-refractivity contribution is 0.638. The zero-order valence-corrected chi connectivity index (χ0v) is 11.5. The van der Waals surface area contributed by atoms with Crippen molar-refractivity contribution in [2.24, 2.45) is 0 Å². The summed E-state index contributed by atoms with van der Waals surface area (Å²) in [5, 5.41) is 0. The lowest BCUT2D eigenvalue weighted by Crippen LogP contribution is -2.27. The number of hydrogen-bond donors (Lipinski definition) is 1. The lowest BCUT2D eigenvalue weighted by Gasteiger charge is -2.25. The number of anilines is 3. The molecule has 1 aliphatic heterocycles. The van der Waals surface area contributed by atoms with E-state index in [0.717, 1.165) is 11.5 Å². The highest BCUT2D eigenvalue weighted by Gasteiger charge is 2.34. The Morgan fingerprint density at radius 1 is 1.16 bits per heavy atom. The normalized spacial score (nSPS) is 21.5. The van der Waals surface area contributed by atoms with Crippen LogP contribution in [0.2, 0.25) is 0 Å². The van der Waals surface area contributed by atoms with Gasteiger partial charge in [-0.1, -0.05) is 25.1 Å². The van der Waals surface area contributed by atoms with Crippen molar-refractivity contribution in [1.29, 1.82) is 0 Å². The van der Waals surface area contributed by atoms with Gasteiger partial charge in [-0.05, 0) is 25.5 Å². The van der Waals surface area contributed by atoms with Crippen molar-refractivity contribution < 1.29 is 0 Å². The number of fused-ring (bicyclic) bond motifs is 1. The van der Waals surface area contributed by atoms with E-state index >= 15 is 0 Å². The number of aromatic nitrogens is 2. The van der Waals surface area contributed by atoms with Crippen LogP contribution in [0.25, 0.3) is 0 Å². The second-order valence-electron chi connectivity index (χ2n) is 5.18. The smallest absolute Gasteiger partial charge is 0.222 e. The topological polar surface area (TPSA) is 55.0 Å². The van der Waals surface area contributed by atoms with Crippen molar-refractivity contribution in [3.8, 4) is 0 Å². The summed E-state index contributed by atoms with van der Waals surface area (Å²) < 4.78 is 0. The monoisotopic (exact) mass is 254 g/mol. The molecule has 2 heterocycles. The average molecular weight is 254 g/mol. The van der Waals surface area contributed by atoms with E-state index in [1.165, 1.54) is 11.3 Å². The largest absolute Gasteiger partial charge is 0.368 e. The third kappa shape index (κ3) is 1.84. The highest BCUT2D eigenvalue weighted by molar-refractivity contribution is 5.70. The van der Waals surface area contributed by atoms with Crippen molar-refractivity contribution >= 4 is 17.5 Å². The van der Waals surface area contributed by atoms with Gasteiger partial charge in [0, 0.05) is 29.4 Å². The van der Waals surface area contributed by atoms with E-state index in [9.17, 15) is 0 Å². The van der Waals surface area contributed by atoms with E-state index in [1.807, 2.05) is 13.0 Å². The number of nitrogens with two attached hydrogens (primary N) is 1. The summed E-state index contributed by atoms with van der Waals surface area (Å²) in [5.41, 5.74) is 9.26. The Bertz CT molecular complexity index is 603. The minimum atomic E-state index is 0.333. The van der Waals surface area contributed by atoms with E-state index in [1.54, 1.807) is 0 Å². The first-order chi connectivity index (χ1) is 9.08. The molecule has 0 saturated carbocycles. The summed E-state index contributed by atoms with van der Waals surface area (Å²) >= 11 is 0. The fourth-order valence-electron chi connectivity index (χ4n) is 2.82. The number of aryl methyl sites for hydroxylation is 1. The summed E-state index contributed by atoms with van der Waals surface area (Å²) in [5.74, 6) is 1.70. The third-order valence-corrected chi connectivity index (χ3v) is 3.92. The average Bonchev–Trinajstić information content (AvgIpc) is 2.61. The molecule has 1 aliphatic rings. The Kier molecular flexibility index (Phi) is 2.66. The van der Waals surface area contributed by atoms with E-state index < -0.39 is 0 Å². The molecule has 4 nitrogen and oxygen atoms in total. The van der Waals surface area contributed by atoms with Crippen LogP contribution in [0.5, 0.6) is 0 Å². The van der Waals surface area contributed by atoms with Crippen molar-refractivity contribution in [3.05, 3.63) is 41.6 Å². The maximum absolute atomic E-state index is 5.78. The van der Waals surface area contributed by atoms with Gasteiger partial charge >= 0.3 is 0 Å². The van der Waals surface area contributed by atoms with Crippen LogP contribution in [0.4, 0.5) is 17.5 Å². The molecule has 2 unspecified atom stereocenters. The molecule has 0 radical (unpaired) electrons. The molecule has 2 atom stereocenters. The van der Waals surface area contributed by atoms with Crippen LogP contribution in [0.1, 0.15) is 31.0 Å². The molecule has 0 spiro atoms. The van der Waals surface area contributed by atoms with Gasteiger partial charge in [-0.15, -0.1) is 0 Å². The van der Waals surface area contributed by atoms with E-state index in [2.05, 4.69) is 53.0 Å². The van der Waals surface area contributed by atoms with Crippen molar-refractivity contribution in [2.45, 2.75) is 32.7 Å². The molecule has 19 heavy (non-hydrogen) atoms. The molecule has 0 saturated heterocycles. The second kappa shape index (κ2) is 4.23. The molecular formula is C15H18N4. The molecule has 3 rings (SSSR count). The minimum absolute atomic E-state index is 0.333. The molecule has 1 aromatic heterocycles. The maximum atomic E-state index is 5.78. The third-order valence-electron chi connectivity index (χ3n) is 3.92. The van der Waals surface area contributed by atoms with Gasteiger partial charge < -0.3 is 10.6 Å². The van der Waals surface area contributed by atoms with Gasteiger partial charge in [-0.2, -0.15) is 4.98 Å². The first-order valence-corrected chi connectivity index (χ1v) is 6.57. The van der Waals surface area contributed by atoms with Crippen LogP contribution in [-0.4, -0.2) is 16.0 Å². The van der Waals surface area contributed by atoms with Crippen LogP contribution in [0.3, 0.4) is 0 Å². The Hall–Kier alpha value is -2.10. The zero-order valence-electron chi connectivity index (χ0n) is 11.5. The highest BCUT2D eigenvalue weighted by atomic mass is 15.3. The Morgan fingerprint density at radius 2 is 1.89 bits per heavy atom. The highest BCUT2D eigenvalue weighted by Crippen LogP contribution is 2.44. The molecule has 2 N–H and O–H groups in total. The van der Waals surface area contributed by atoms with E-state index in [-0.39, 0.29) is 0 Å². The molecule has 98 valence electrons. The quantitative estimate of drug-likeness (QED) is 0.850. The summed E-state index contributed by atoms with van der Waals surface area (Å²) in [4.78, 5) is 10.8. The van der Waals surface area contributed by atoms with E-state index in [0.29, 0.717) is 17.9 Å². The zero-order chi connectivity index (χ0) is 13.6. The summed E-state index contributed by atoms with van der Waals surface area (Å²) in [7, 11) is 0. The molecule has 2 aromatic rings. The molecule has 4 heteroatoms. The van der Waals surface area contributed by atoms with Gasteiger partial charge in [0.05, 0.1) is 0 Å². The molecular weight excluding hydrogens is 236 g/mol. The minimum Gasteiger partial charge on any atom is -0.368 e. The van der Waals surface area contributed by atoms with Crippen molar-refractivity contribution in [2.75, 3.05) is 10.6 Å². The van der Waals surface area contributed by atoms with Crippen LogP contribution in [-0.2, 0) is 0 Å². The van der Waals surface area contributed by atoms with Crippen LogP contribution in [0, 0.1) is 6.92 Å².